The molecule has 2 heteroatoms. The second-order valence-corrected chi connectivity index (χ2v) is 12.1. The normalized spacial score (nSPS) is 17.6. The van der Waals surface area contributed by atoms with Crippen LogP contribution in [0.2, 0.25) is 0 Å². The first-order valence-electron chi connectivity index (χ1n) is 16.5. The van der Waals surface area contributed by atoms with Gasteiger partial charge in [0.15, 0.2) is 0 Å². The average molecular weight is 607 g/mol. The molecule has 0 fully saturated rings. The van der Waals surface area contributed by atoms with Crippen LogP contribution in [0.5, 0.6) is 0 Å². The number of benzene rings is 6. The van der Waals surface area contributed by atoms with Gasteiger partial charge in [0.25, 0.3) is 0 Å². The van der Waals surface area contributed by atoms with E-state index in [1.54, 1.807) is 0 Å². The van der Waals surface area contributed by atoms with Crippen molar-refractivity contribution in [3.05, 3.63) is 151 Å². The molecule has 0 aromatic heterocycles. The third kappa shape index (κ3) is 5.78. The zero-order valence-corrected chi connectivity index (χ0v) is 27.0. The summed E-state index contributed by atoms with van der Waals surface area (Å²) >= 11 is 0. The largest absolute Gasteiger partial charge is 0.320 e. The molecule has 0 spiro atoms. The SMILES string of the molecule is C#C/C=C(\C=C/C)C1=N/CCC/C=C\C(C)N\1c1ccc(-c2c3ccccc3c(-c3ccc4ccccc4c3)c3ccccc23)cc1. The van der Waals surface area contributed by atoms with E-state index in [1.807, 2.05) is 19.1 Å². The highest BCUT2D eigenvalue weighted by Crippen LogP contribution is 2.44. The van der Waals surface area contributed by atoms with Crippen molar-refractivity contribution >= 4 is 43.8 Å². The Bertz CT molecular complexity index is 2200. The molecule has 6 aromatic carbocycles. The molecule has 1 aliphatic rings. The highest BCUT2D eigenvalue weighted by Gasteiger charge is 2.22. The first-order valence-corrected chi connectivity index (χ1v) is 16.5. The molecule has 0 amide bonds. The van der Waals surface area contributed by atoms with Crippen molar-refractivity contribution in [1.29, 1.82) is 0 Å². The van der Waals surface area contributed by atoms with Crippen LogP contribution in [0.25, 0.3) is 54.6 Å². The Hall–Kier alpha value is -5.65. The fourth-order valence-electron chi connectivity index (χ4n) is 6.97. The van der Waals surface area contributed by atoms with E-state index < -0.39 is 0 Å². The Balaban J connectivity index is 1.40. The van der Waals surface area contributed by atoms with Crippen molar-refractivity contribution < 1.29 is 0 Å². The van der Waals surface area contributed by atoms with E-state index in [2.05, 4.69) is 151 Å². The zero-order chi connectivity index (χ0) is 32.2. The minimum Gasteiger partial charge on any atom is -0.320 e. The lowest BCUT2D eigenvalue weighted by molar-refractivity contribution is 0.856. The second-order valence-electron chi connectivity index (χ2n) is 12.1. The Morgan fingerprint density at radius 1 is 0.766 bits per heavy atom. The van der Waals surface area contributed by atoms with Crippen LogP contribution in [0.1, 0.15) is 26.7 Å². The van der Waals surface area contributed by atoms with Gasteiger partial charge in [-0.15, -0.1) is 6.42 Å². The molecule has 228 valence electrons. The van der Waals surface area contributed by atoms with Crippen LogP contribution in [-0.4, -0.2) is 18.4 Å². The molecule has 6 aromatic rings. The number of hydrogen-bond acceptors (Lipinski definition) is 2. The predicted octanol–water partition coefficient (Wildman–Crippen LogP) is 11.6. The van der Waals surface area contributed by atoms with E-state index in [-0.39, 0.29) is 6.04 Å². The van der Waals surface area contributed by atoms with Crippen molar-refractivity contribution in [2.24, 2.45) is 4.99 Å². The molecule has 0 N–H and O–H groups in total. The van der Waals surface area contributed by atoms with Crippen molar-refractivity contribution in [1.82, 2.24) is 0 Å². The number of fused-ring (bicyclic) bond motifs is 3. The van der Waals surface area contributed by atoms with Crippen LogP contribution in [0.4, 0.5) is 5.69 Å². The molecule has 0 bridgehead atoms. The minimum absolute atomic E-state index is 0.104. The summed E-state index contributed by atoms with van der Waals surface area (Å²) in [5, 5.41) is 7.50. The summed E-state index contributed by atoms with van der Waals surface area (Å²) in [5.41, 5.74) is 6.97. The Morgan fingerprint density at radius 3 is 2.00 bits per heavy atom. The van der Waals surface area contributed by atoms with Gasteiger partial charge >= 0.3 is 0 Å². The lowest BCUT2D eigenvalue weighted by atomic mass is 9.85. The van der Waals surface area contributed by atoms with Gasteiger partial charge in [0, 0.05) is 17.8 Å². The van der Waals surface area contributed by atoms with Crippen molar-refractivity contribution in [2.75, 3.05) is 11.4 Å². The van der Waals surface area contributed by atoms with Crippen LogP contribution in [0.3, 0.4) is 0 Å². The van der Waals surface area contributed by atoms with Crippen LogP contribution in [-0.2, 0) is 0 Å². The van der Waals surface area contributed by atoms with Crippen molar-refractivity contribution in [3.63, 3.8) is 0 Å². The van der Waals surface area contributed by atoms with E-state index >= 15 is 0 Å². The number of anilines is 1. The summed E-state index contributed by atoms with van der Waals surface area (Å²) in [6.07, 6.45) is 18.3. The maximum Gasteiger partial charge on any atom is 0.136 e. The summed E-state index contributed by atoms with van der Waals surface area (Å²) in [7, 11) is 0. The molecule has 2 nitrogen and oxygen atoms in total. The third-order valence-electron chi connectivity index (χ3n) is 9.09. The van der Waals surface area contributed by atoms with Gasteiger partial charge in [0.05, 0.1) is 6.04 Å². The Labute approximate surface area is 278 Å². The molecular formula is C45H38N2. The number of hydrogen-bond donors (Lipinski definition) is 0. The summed E-state index contributed by atoms with van der Waals surface area (Å²) in [5.74, 6) is 3.65. The number of terminal acetylenes is 1. The van der Waals surface area contributed by atoms with Crippen LogP contribution >= 0.6 is 0 Å². The van der Waals surface area contributed by atoms with Crippen LogP contribution in [0.15, 0.2) is 156 Å². The monoisotopic (exact) mass is 606 g/mol. The van der Waals surface area contributed by atoms with Crippen LogP contribution < -0.4 is 4.90 Å². The number of aliphatic imine (C=N–C) groups is 1. The highest BCUT2D eigenvalue weighted by molar-refractivity contribution is 6.22. The summed E-state index contributed by atoms with van der Waals surface area (Å²) in [6.45, 7) is 4.99. The molecule has 1 unspecified atom stereocenters. The topological polar surface area (TPSA) is 15.6 Å². The average Bonchev–Trinajstić information content (AvgIpc) is 3.20. The van der Waals surface area contributed by atoms with E-state index in [0.717, 1.165) is 36.5 Å². The lowest BCUT2D eigenvalue weighted by Gasteiger charge is -2.31. The number of allylic oxidation sites excluding steroid dienone is 3. The van der Waals surface area contributed by atoms with Gasteiger partial charge in [0.2, 0.25) is 0 Å². The molecule has 0 aliphatic carbocycles. The highest BCUT2D eigenvalue weighted by atomic mass is 15.2. The maximum absolute atomic E-state index is 5.79. The van der Waals surface area contributed by atoms with E-state index in [1.165, 1.54) is 54.6 Å². The zero-order valence-electron chi connectivity index (χ0n) is 27.0. The molecule has 0 radical (unpaired) electrons. The van der Waals surface area contributed by atoms with E-state index in [9.17, 15) is 0 Å². The third-order valence-corrected chi connectivity index (χ3v) is 9.09. The number of nitrogens with zero attached hydrogens (tertiary/aromatic N) is 2. The summed E-state index contributed by atoms with van der Waals surface area (Å²) in [6, 6.07) is 42.2. The summed E-state index contributed by atoms with van der Waals surface area (Å²) in [4.78, 5) is 7.41. The molecule has 0 saturated heterocycles. The van der Waals surface area contributed by atoms with E-state index in [0.29, 0.717) is 0 Å². The van der Waals surface area contributed by atoms with Gasteiger partial charge in [-0.1, -0.05) is 127 Å². The first-order chi connectivity index (χ1) is 23.2. The molecule has 1 atom stereocenters. The standard InChI is InChI=1S/C45H38N2/c1-4-15-35(16-5-2)45-46-30-14-6-7-17-32(3)47(45)38-28-26-34(27-29-38)43-39-20-10-12-22-41(39)44(42-23-13-11-21-40(42)43)37-25-24-33-18-8-9-19-36(33)31-37/h1,5,7-13,15-29,31-32H,6,14,30H2,2-3H3/b16-5-,17-7-,35-15+,46-45-. The quantitative estimate of drug-likeness (QED) is 0.0825. The molecular weight excluding hydrogens is 569 g/mol. The van der Waals surface area contributed by atoms with Gasteiger partial charge < -0.3 is 4.90 Å². The van der Waals surface area contributed by atoms with Gasteiger partial charge in [0.1, 0.15) is 5.84 Å². The summed E-state index contributed by atoms with van der Waals surface area (Å²) < 4.78 is 0. The predicted molar refractivity (Wildman–Crippen MR) is 204 cm³/mol. The van der Waals surface area contributed by atoms with Gasteiger partial charge in [-0.05, 0) is 106 Å². The van der Waals surface area contributed by atoms with Crippen LogP contribution in [0, 0.1) is 12.3 Å². The van der Waals surface area contributed by atoms with Gasteiger partial charge in [-0.25, -0.2) is 0 Å². The first kappa shape index (κ1) is 30.0. The number of amidine groups is 1. The molecule has 7 rings (SSSR count). The molecule has 0 saturated carbocycles. The van der Waals surface area contributed by atoms with Crippen molar-refractivity contribution in [2.45, 2.75) is 32.7 Å². The van der Waals surface area contributed by atoms with Gasteiger partial charge in [-0.2, -0.15) is 0 Å². The molecule has 1 aliphatic heterocycles. The maximum atomic E-state index is 5.79. The van der Waals surface area contributed by atoms with Gasteiger partial charge in [-0.3, -0.25) is 4.99 Å². The minimum atomic E-state index is 0.104. The fourth-order valence-corrected chi connectivity index (χ4v) is 6.97. The molecule has 1 heterocycles. The Kier molecular flexibility index (Phi) is 8.54. The molecule has 47 heavy (non-hydrogen) atoms. The number of rotatable bonds is 5. The van der Waals surface area contributed by atoms with Crippen molar-refractivity contribution in [3.8, 4) is 34.6 Å². The lowest BCUT2D eigenvalue weighted by Crippen LogP contribution is -2.38. The fraction of sp³-hybridized carbons (Fsp3) is 0.133. The van der Waals surface area contributed by atoms with E-state index in [4.69, 9.17) is 11.4 Å². The smallest absolute Gasteiger partial charge is 0.136 e. The Morgan fingerprint density at radius 2 is 1.36 bits per heavy atom. The second kappa shape index (κ2) is 13.4.